The average molecular weight is 252 g/mol. The fraction of sp³-hybridized carbons (Fsp3) is 0.800. The molecule has 1 unspecified atom stereocenters. The largest absolute Gasteiger partial charge is 0.480 e. The standard InChI is InChI=1S/C10H18F2N2O3/c1-4-6(2)8(9(15)16)13-10(17)14(3)5-7(11)12/h6-8H,4-5H2,1-3H3,(H,13,17)(H,15,16)/t6?,8-/m0/s1. The van der Waals surface area contributed by atoms with Crippen LogP contribution in [-0.4, -0.2) is 48.1 Å². The molecule has 7 heteroatoms. The number of aliphatic carboxylic acids is 1. The zero-order valence-corrected chi connectivity index (χ0v) is 10.1. The minimum absolute atomic E-state index is 0.267. The second-order valence-corrected chi connectivity index (χ2v) is 3.92. The Hall–Kier alpha value is -1.40. The van der Waals surface area contributed by atoms with Crippen molar-refractivity contribution in [3.05, 3.63) is 0 Å². The number of alkyl halides is 2. The topological polar surface area (TPSA) is 69.6 Å². The van der Waals surface area contributed by atoms with Crippen molar-refractivity contribution in [3.63, 3.8) is 0 Å². The van der Waals surface area contributed by atoms with Gasteiger partial charge >= 0.3 is 12.0 Å². The van der Waals surface area contributed by atoms with E-state index in [0.717, 1.165) is 4.90 Å². The molecule has 0 aromatic rings. The van der Waals surface area contributed by atoms with Gasteiger partial charge in [0.05, 0.1) is 6.54 Å². The first-order chi connectivity index (χ1) is 7.79. The number of amides is 2. The van der Waals surface area contributed by atoms with Crippen LogP contribution in [0.2, 0.25) is 0 Å². The molecule has 2 amide bonds. The van der Waals surface area contributed by atoms with Crippen molar-refractivity contribution in [1.82, 2.24) is 10.2 Å². The van der Waals surface area contributed by atoms with Gasteiger partial charge in [0.25, 0.3) is 6.43 Å². The fourth-order valence-electron chi connectivity index (χ4n) is 1.22. The van der Waals surface area contributed by atoms with Crippen LogP contribution in [0.4, 0.5) is 13.6 Å². The summed E-state index contributed by atoms with van der Waals surface area (Å²) >= 11 is 0. The maximum absolute atomic E-state index is 12.0. The van der Waals surface area contributed by atoms with Gasteiger partial charge in [-0.2, -0.15) is 0 Å². The number of carbonyl (C=O) groups is 2. The van der Waals surface area contributed by atoms with Crippen LogP contribution in [0.3, 0.4) is 0 Å². The minimum atomic E-state index is -2.64. The van der Waals surface area contributed by atoms with Crippen molar-refractivity contribution < 1.29 is 23.5 Å². The highest BCUT2D eigenvalue weighted by Crippen LogP contribution is 2.08. The zero-order valence-electron chi connectivity index (χ0n) is 10.1. The van der Waals surface area contributed by atoms with Crippen LogP contribution in [0.5, 0.6) is 0 Å². The Morgan fingerprint density at radius 3 is 2.29 bits per heavy atom. The van der Waals surface area contributed by atoms with Gasteiger partial charge in [0.15, 0.2) is 0 Å². The molecule has 5 nitrogen and oxygen atoms in total. The summed E-state index contributed by atoms with van der Waals surface area (Å²) in [5, 5.41) is 11.1. The first kappa shape index (κ1) is 15.6. The molecule has 0 saturated carbocycles. The summed E-state index contributed by atoms with van der Waals surface area (Å²) in [6, 6.07) is -1.87. The predicted octanol–water partition coefficient (Wildman–Crippen LogP) is 1.39. The molecule has 0 rings (SSSR count). The zero-order chi connectivity index (χ0) is 13.6. The van der Waals surface area contributed by atoms with E-state index < -0.39 is 31.0 Å². The lowest BCUT2D eigenvalue weighted by Crippen LogP contribution is -2.50. The number of nitrogens with one attached hydrogen (secondary N) is 1. The normalized spacial score (nSPS) is 14.2. The smallest absolute Gasteiger partial charge is 0.326 e. The molecule has 0 fully saturated rings. The summed E-state index contributed by atoms with van der Waals surface area (Å²) < 4.78 is 24.1. The highest BCUT2D eigenvalue weighted by molar-refractivity contribution is 5.82. The molecule has 100 valence electrons. The van der Waals surface area contributed by atoms with E-state index in [2.05, 4.69) is 5.32 Å². The van der Waals surface area contributed by atoms with E-state index in [-0.39, 0.29) is 5.92 Å². The van der Waals surface area contributed by atoms with E-state index in [1.807, 2.05) is 0 Å². The van der Waals surface area contributed by atoms with Crippen LogP contribution >= 0.6 is 0 Å². The molecule has 0 radical (unpaired) electrons. The minimum Gasteiger partial charge on any atom is -0.480 e. The Bertz CT molecular complexity index is 274. The third kappa shape index (κ3) is 5.46. The Balaban J connectivity index is 4.45. The van der Waals surface area contributed by atoms with E-state index in [4.69, 9.17) is 5.11 Å². The van der Waals surface area contributed by atoms with Gasteiger partial charge in [-0.25, -0.2) is 18.4 Å². The lowest BCUT2D eigenvalue weighted by molar-refractivity contribution is -0.140. The molecular formula is C10H18F2N2O3. The Kier molecular flexibility index (Phi) is 6.45. The van der Waals surface area contributed by atoms with Gasteiger partial charge in [0.2, 0.25) is 0 Å². The van der Waals surface area contributed by atoms with Crippen LogP contribution in [0.1, 0.15) is 20.3 Å². The van der Waals surface area contributed by atoms with E-state index in [1.54, 1.807) is 13.8 Å². The molecule has 0 bridgehead atoms. The first-order valence-corrected chi connectivity index (χ1v) is 5.32. The second-order valence-electron chi connectivity index (χ2n) is 3.92. The van der Waals surface area contributed by atoms with Crippen molar-refractivity contribution in [2.75, 3.05) is 13.6 Å². The quantitative estimate of drug-likeness (QED) is 0.750. The molecular weight excluding hydrogens is 234 g/mol. The molecule has 2 atom stereocenters. The molecule has 0 aliphatic carbocycles. The monoisotopic (exact) mass is 252 g/mol. The summed E-state index contributed by atoms with van der Waals surface area (Å²) in [5.74, 6) is -1.44. The number of carbonyl (C=O) groups excluding carboxylic acids is 1. The molecule has 0 aromatic carbocycles. The molecule has 2 N–H and O–H groups in total. The van der Waals surface area contributed by atoms with E-state index in [1.165, 1.54) is 7.05 Å². The highest BCUT2D eigenvalue weighted by atomic mass is 19.3. The van der Waals surface area contributed by atoms with Gasteiger partial charge in [-0.05, 0) is 5.92 Å². The second kappa shape index (κ2) is 7.03. The lowest BCUT2D eigenvalue weighted by Gasteiger charge is -2.24. The molecule has 17 heavy (non-hydrogen) atoms. The molecule has 0 aliphatic heterocycles. The number of carboxylic acids is 1. The highest BCUT2D eigenvalue weighted by Gasteiger charge is 2.27. The van der Waals surface area contributed by atoms with Crippen molar-refractivity contribution in [1.29, 1.82) is 0 Å². The SMILES string of the molecule is CCC(C)[C@H](NC(=O)N(C)CC(F)F)C(=O)O. The van der Waals surface area contributed by atoms with Gasteiger partial charge in [-0.3, -0.25) is 0 Å². The predicted molar refractivity (Wildman–Crippen MR) is 58.0 cm³/mol. The maximum atomic E-state index is 12.0. The number of urea groups is 1. The Morgan fingerprint density at radius 2 is 1.94 bits per heavy atom. The van der Waals surface area contributed by atoms with Gasteiger partial charge in [-0.1, -0.05) is 20.3 Å². The van der Waals surface area contributed by atoms with Gasteiger partial charge in [0.1, 0.15) is 6.04 Å². The van der Waals surface area contributed by atoms with Crippen LogP contribution in [0.25, 0.3) is 0 Å². The third-order valence-electron chi connectivity index (χ3n) is 2.52. The number of carboxylic acid groups (broad SMARTS) is 1. The number of nitrogens with zero attached hydrogens (tertiary/aromatic N) is 1. The number of hydrogen-bond donors (Lipinski definition) is 2. The van der Waals surface area contributed by atoms with Crippen molar-refractivity contribution >= 4 is 12.0 Å². The van der Waals surface area contributed by atoms with Crippen molar-refractivity contribution in [3.8, 4) is 0 Å². The van der Waals surface area contributed by atoms with Crippen LogP contribution < -0.4 is 5.32 Å². The van der Waals surface area contributed by atoms with Crippen LogP contribution in [-0.2, 0) is 4.79 Å². The van der Waals surface area contributed by atoms with Gasteiger partial charge in [-0.15, -0.1) is 0 Å². The summed E-state index contributed by atoms with van der Waals surface area (Å²) in [5.41, 5.74) is 0. The van der Waals surface area contributed by atoms with E-state index in [0.29, 0.717) is 6.42 Å². The Labute approximate surface area is 98.8 Å². The number of halogens is 2. The number of rotatable bonds is 6. The molecule has 0 saturated heterocycles. The molecule has 0 aliphatic rings. The van der Waals surface area contributed by atoms with Gasteiger partial charge < -0.3 is 15.3 Å². The summed E-state index contributed by atoms with van der Waals surface area (Å²) in [6.07, 6.45) is -2.08. The summed E-state index contributed by atoms with van der Waals surface area (Å²) in [4.78, 5) is 23.1. The number of hydrogen-bond acceptors (Lipinski definition) is 2. The summed E-state index contributed by atoms with van der Waals surface area (Å²) in [7, 11) is 1.19. The first-order valence-electron chi connectivity index (χ1n) is 5.32. The lowest BCUT2D eigenvalue weighted by atomic mass is 9.99. The average Bonchev–Trinajstić information content (AvgIpc) is 2.22. The maximum Gasteiger partial charge on any atom is 0.326 e. The van der Waals surface area contributed by atoms with E-state index in [9.17, 15) is 18.4 Å². The fourth-order valence-corrected chi connectivity index (χ4v) is 1.22. The molecule has 0 aromatic heterocycles. The van der Waals surface area contributed by atoms with Crippen molar-refractivity contribution in [2.45, 2.75) is 32.7 Å². The summed E-state index contributed by atoms with van der Waals surface area (Å²) in [6.45, 7) is 2.74. The van der Waals surface area contributed by atoms with Gasteiger partial charge in [0, 0.05) is 7.05 Å². The van der Waals surface area contributed by atoms with Crippen LogP contribution in [0, 0.1) is 5.92 Å². The van der Waals surface area contributed by atoms with Crippen molar-refractivity contribution in [2.24, 2.45) is 5.92 Å². The third-order valence-corrected chi connectivity index (χ3v) is 2.52. The van der Waals surface area contributed by atoms with E-state index >= 15 is 0 Å². The van der Waals surface area contributed by atoms with Crippen LogP contribution in [0.15, 0.2) is 0 Å². The molecule has 0 heterocycles. The Morgan fingerprint density at radius 1 is 1.41 bits per heavy atom. The molecule has 0 spiro atoms.